The van der Waals surface area contributed by atoms with Gasteiger partial charge in [0.2, 0.25) is 0 Å². The first-order chi connectivity index (χ1) is 16.2. The smallest absolute Gasteiger partial charge is 0.403 e. The number of hydrogen-bond acceptors (Lipinski definition) is 10. The maximum absolute atomic E-state index is 15.9. The molecule has 1 aromatic heterocycles. The van der Waals surface area contributed by atoms with Crippen molar-refractivity contribution >= 4 is 14.1 Å². The minimum atomic E-state index is -4.89. The van der Waals surface area contributed by atoms with Gasteiger partial charge in [-0.25, -0.2) is 13.8 Å². The second kappa shape index (κ2) is 8.03. The molecule has 14 heteroatoms. The second-order valence-corrected chi connectivity index (χ2v) is 8.39. The van der Waals surface area contributed by atoms with E-state index in [-0.39, 0.29) is 23.2 Å². The normalized spacial score (nSPS) is 35.8. The van der Waals surface area contributed by atoms with Crippen LogP contribution in [-0.2, 0) is 25.0 Å². The van der Waals surface area contributed by atoms with E-state index < -0.39 is 55.5 Å². The van der Waals surface area contributed by atoms with E-state index in [1.54, 1.807) is 30.1 Å². The van der Waals surface area contributed by atoms with Crippen LogP contribution in [0.1, 0.15) is 31.8 Å². The van der Waals surface area contributed by atoms with Crippen LogP contribution >= 0.6 is 7.82 Å². The van der Waals surface area contributed by atoms with Crippen LogP contribution in [0.15, 0.2) is 34.0 Å². The Bertz CT molecular complexity index is 1370. The molecule has 0 spiro atoms. The number of benzene rings is 1. The summed E-state index contributed by atoms with van der Waals surface area (Å²) in [5, 5.41) is 20.7. The number of aromatic amines is 1. The topological polar surface area (TPSA) is 166 Å². The number of nitrogens with zero attached hydrogens (tertiary/aromatic N) is 1. The van der Waals surface area contributed by atoms with Gasteiger partial charge < -0.3 is 19.5 Å². The molecule has 32 heavy (non-hydrogen) atoms. The minimum Gasteiger partial charge on any atom is -0.403 e. The monoisotopic (exact) mass is 475 g/mol. The maximum atomic E-state index is 15.9. The summed E-state index contributed by atoms with van der Waals surface area (Å²) in [6.45, 7) is -2.69. The number of aldehydes is 1. The molecule has 5 atom stereocenters. The second-order valence-electron chi connectivity index (χ2n) is 6.87. The van der Waals surface area contributed by atoms with E-state index in [2.05, 4.69) is 0 Å². The van der Waals surface area contributed by atoms with E-state index in [0.29, 0.717) is 17.3 Å². The summed E-state index contributed by atoms with van der Waals surface area (Å²) in [6, 6.07) is 4.81. The highest BCUT2D eigenvalue weighted by Crippen LogP contribution is 2.56. The standard InChI is InChI=1S/C18H18FN2O10P/c1-9-3-2-4-10-7-28-32(27,31-13(9)10)29-8-18(19)14(24)12(23)16(30-18)21-5-11(6-22)15(25)20-17(21)26/h2-6,12,14,16,23-24H,7-8H2,1H3,(H,20,25,26)/t12-,14+,16-,18-,32?/m1/s1/i8D2,16D. The molecule has 2 aliphatic heterocycles. The number of phosphoric acid groups is 1. The summed E-state index contributed by atoms with van der Waals surface area (Å²) in [6.07, 6.45) is -8.44. The number of ether oxygens (including phenoxy) is 1. The Labute approximate surface area is 183 Å². The van der Waals surface area contributed by atoms with E-state index in [0.717, 1.165) is 0 Å². The zero-order valence-electron chi connectivity index (χ0n) is 19.2. The van der Waals surface area contributed by atoms with Crippen LogP contribution in [0.25, 0.3) is 0 Å². The lowest BCUT2D eigenvalue weighted by Gasteiger charge is -2.29. The molecule has 1 aromatic carbocycles. The molecule has 1 fully saturated rings. The number of alkyl halides is 1. The summed E-state index contributed by atoms with van der Waals surface area (Å²) in [7, 11) is -4.89. The summed E-state index contributed by atoms with van der Waals surface area (Å²) < 4.78 is 72.8. The number of aliphatic hydroxyl groups is 2. The third-order valence-electron chi connectivity index (χ3n) is 4.69. The molecule has 1 unspecified atom stereocenters. The van der Waals surface area contributed by atoms with Crippen molar-refractivity contribution in [3.63, 3.8) is 0 Å². The number of aryl methyl sites for hydroxylation is 1. The van der Waals surface area contributed by atoms with Gasteiger partial charge in [-0.3, -0.25) is 28.2 Å². The minimum absolute atomic E-state index is 0.00970. The molecule has 172 valence electrons. The van der Waals surface area contributed by atoms with Crippen LogP contribution in [0.3, 0.4) is 0 Å². The van der Waals surface area contributed by atoms with E-state index in [4.69, 9.17) is 22.4 Å². The highest BCUT2D eigenvalue weighted by atomic mass is 31.2. The van der Waals surface area contributed by atoms with Crippen molar-refractivity contribution in [3.05, 3.63) is 61.9 Å². The van der Waals surface area contributed by atoms with Crippen molar-refractivity contribution in [1.82, 2.24) is 9.55 Å². The van der Waals surface area contributed by atoms with Gasteiger partial charge in [0, 0.05) is 11.8 Å². The first-order valence-electron chi connectivity index (χ1n) is 10.5. The van der Waals surface area contributed by atoms with Crippen molar-refractivity contribution in [2.75, 3.05) is 6.56 Å². The molecular weight excluding hydrogens is 454 g/mol. The van der Waals surface area contributed by atoms with Crippen LogP contribution in [0.4, 0.5) is 4.39 Å². The molecule has 0 amide bonds. The molecule has 0 aliphatic carbocycles. The fraction of sp³-hybridized carbons (Fsp3) is 0.389. The number of aromatic nitrogens is 2. The molecule has 1 saturated heterocycles. The molecule has 2 aromatic rings. The number of fused-ring (bicyclic) bond motifs is 1. The van der Waals surface area contributed by atoms with Gasteiger partial charge in [-0.1, -0.05) is 18.2 Å². The van der Waals surface area contributed by atoms with E-state index in [9.17, 15) is 29.2 Å². The van der Waals surface area contributed by atoms with Gasteiger partial charge in [-0.2, -0.15) is 0 Å². The number of nitrogens with one attached hydrogen (secondary N) is 1. The van der Waals surface area contributed by atoms with Crippen molar-refractivity contribution in [2.45, 2.75) is 37.8 Å². The van der Waals surface area contributed by atoms with Crippen LogP contribution in [0, 0.1) is 6.92 Å². The molecule has 0 bridgehead atoms. The van der Waals surface area contributed by atoms with Crippen LogP contribution in [0.5, 0.6) is 5.75 Å². The Balaban J connectivity index is 1.70. The lowest BCUT2D eigenvalue weighted by Crippen LogP contribution is -2.43. The number of phosphoric ester groups is 1. The van der Waals surface area contributed by atoms with Gasteiger partial charge in [-0.05, 0) is 12.5 Å². The largest absolute Gasteiger partial charge is 0.530 e. The van der Waals surface area contributed by atoms with Gasteiger partial charge in [0.25, 0.3) is 11.4 Å². The Kier molecular flexibility index (Phi) is 4.73. The van der Waals surface area contributed by atoms with Gasteiger partial charge in [-0.15, -0.1) is 0 Å². The SMILES string of the molecule is [2H]C([2H])(OP1(=O)OCc2cccc(C)c2O1)[C@@]1(F)O[C@@]([2H])(n2cc(C=O)c(=O)[nH]c2=O)[C@H](O)[C@@H]1O. The Morgan fingerprint density at radius 3 is 2.97 bits per heavy atom. The molecule has 0 saturated carbocycles. The van der Waals surface area contributed by atoms with Crippen molar-refractivity contribution in [1.29, 1.82) is 0 Å². The van der Waals surface area contributed by atoms with Gasteiger partial charge in [0.15, 0.2) is 12.5 Å². The van der Waals surface area contributed by atoms with Crippen molar-refractivity contribution in [2.24, 2.45) is 0 Å². The lowest BCUT2D eigenvalue weighted by molar-refractivity contribution is -0.205. The average Bonchev–Trinajstić information content (AvgIpc) is 2.95. The number of rotatable bonds is 5. The van der Waals surface area contributed by atoms with Gasteiger partial charge >= 0.3 is 13.5 Å². The fourth-order valence-electron chi connectivity index (χ4n) is 3.02. The number of aliphatic hydroxyl groups excluding tert-OH is 2. The zero-order valence-corrected chi connectivity index (χ0v) is 17.1. The van der Waals surface area contributed by atoms with Crippen molar-refractivity contribution in [3.8, 4) is 5.75 Å². The van der Waals surface area contributed by atoms with Crippen molar-refractivity contribution < 1.29 is 46.4 Å². The third-order valence-corrected chi connectivity index (χ3v) is 5.86. The van der Waals surface area contributed by atoms with E-state index in [1.807, 2.05) is 0 Å². The summed E-state index contributed by atoms with van der Waals surface area (Å²) in [5.41, 5.74) is -2.42. The Morgan fingerprint density at radius 1 is 1.50 bits per heavy atom. The van der Waals surface area contributed by atoms with Crippen LogP contribution in [0.2, 0.25) is 0 Å². The maximum Gasteiger partial charge on any atom is 0.530 e. The van der Waals surface area contributed by atoms with E-state index in [1.165, 1.54) is 0 Å². The molecule has 3 heterocycles. The zero-order chi connectivity index (χ0) is 26.0. The average molecular weight is 475 g/mol. The molecule has 4 rings (SSSR count). The highest BCUT2D eigenvalue weighted by molar-refractivity contribution is 7.49. The number of H-pyrrole nitrogens is 1. The van der Waals surface area contributed by atoms with E-state index >= 15 is 4.39 Å². The molecule has 0 radical (unpaired) electrons. The Hall–Kier alpha value is -2.67. The molecule has 3 N–H and O–H groups in total. The number of hydrogen-bond donors (Lipinski definition) is 3. The predicted molar refractivity (Wildman–Crippen MR) is 103 cm³/mol. The number of halogens is 1. The molecule has 12 nitrogen and oxygen atoms in total. The first kappa shape index (κ1) is 18.9. The van der Waals surface area contributed by atoms with Gasteiger partial charge in [0.05, 0.1) is 16.3 Å². The molecule has 2 aliphatic rings. The molecular formula is C18H18FN2O10P. The first-order valence-corrected chi connectivity index (χ1v) is 10.4. The number of carbonyl (C=O) groups excluding carboxylic acids is 1. The highest BCUT2D eigenvalue weighted by Gasteiger charge is 2.57. The quantitative estimate of drug-likeness (QED) is 0.405. The number of carbonyl (C=O) groups is 1. The fourth-order valence-corrected chi connectivity index (χ4v) is 4.19. The summed E-state index contributed by atoms with van der Waals surface area (Å²) in [4.78, 5) is 36.5. The van der Waals surface area contributed by atoms with Gasteiger partial charge in [0.1, 0.15) is 24.5 Å². The third kappa shape index (κ3) is 3.83. The van der Waals surface area contributed by atoms with Crippen LogP contribution < -0.4 is 15.8 Å². The predicted octanol–water partition coefficient (Wildman–Crippen LogP) is 0.308. The Morgan fingerprint density at radius 2 is 2.25 bits per heavy atom. The number of para-hydroxylation sites is 1. The van der Waals surface area contributed by atoms with Crippen LogP contribution in [-0.4, -0.2) is 50.7 Å². The lowest BCUT2D eigenvalue weighted by atomic mass is 10.1. The summed E-state index contributed by atoms with van der Waals surface area (Å²) >= 11 is 0. The summed E-state index contributed by atoms with van der Waals surface area (Å²) in [5.74, 6) is -4.10.